The molecule has 17 aromatic carbocycles. The number of hydrogen-bond donors (Lipinski definition) is 0. The molecule has 17 aromatic rings. The molecule has 0 bridgehead atoms. The van der Waals surface area contributed by atoms with E-state index in [1.807, 2.05) is 376 Å². The molecule has 134 heavy (non-hydrogen) atoms. The lowest BCUT2D eigenvalue weighted by Crippen LogP contribution is -2.02. The van der Waals surface area contributed by atoms with Crippen LogP contribution in [0, 0.1) is 84.4 Å². The van der Waals surface area contributed by atoms with Crippen LogP contribution in [0.3, 0.4) is 0 Å². The molecule has 0 spiro atoms. The first kappa shape index (κ1) is 84.6. The monoisotopic (exact) mass is 1700 g/mol. The Hall–Kier alpha value is -18.9. The van der Waals surface area contributed by atoms with Crippen molar-refractivity contribution in [3.8, 4) is 107 Å². The van der Waals surface area contributed by atoms with Crippen molar-refractivity contribution < 1.29 is 14.4 Å². The molecule has 0 heterocycles. The molecule has 0 saturated carbocycles. The predicted molar refractivity (Wildman–Crippen MR) is 551 cm³/mol. The number of allylic oxidation sites excluding steroid dienone is 12. The Morgan fingerprint density at radius 2 is 0.261 bits per heavy atom. The van der Waals surface area contributed by atoms with Gasteiger partial charge in [-0.1, -0.05) is 381 Å². The number of ketones is 3. The largest absolute Gasteiger partial charge is 0.289 e. The Balaban J connectivity index is 0.000000197. The minimum Gasteiger partial charge on any atom is -0.289 e. The van der Waals surface area contributed by atoms with Gasteiger partial charge >= 0.3 is 0 Å². The fourth-order valence-corrected chi connectivity index (χ4v) is 17.3. The fourth-order valence-electron chi connectivity index (χ4n) is 17.3. The summed E-state index contributed by atoms with van der Waals surface area (Å²) < 4.78 is 0. The van der Waals surface area contributed by atoms with Crippen LogP contribution in [0.4, 0.5) is 0 Å². The second kappa shape index (κ2) is 39.1. The van der Waals surface area contributed by atoms with Gasteiger partial charge in [-0.05, 0) is 229 Å². The minimum absolute atomic E-state index is 0.0322. The average Bonchev–Trinajstić information content (AvgIpc) is 1.59. The molecule has 0 atom stereocenters. The first-order valence-electron chi connectivity index (χ1n) is 44.1. The van der Waals surface area contributed by atoms with Crippen molar-refractivity contribution in [3.05, 3.63) is 583 Å². The highest BCUT2D eigenvalue weighted by Crippen LogP contribution is 2.54. The molecule has 0 unspecified atom stereocenters. The number of carbonyl (C=O) groups is 3. The highest BCUT2D eigenvalue weighted by atomic mass is 16.1. The third kappa shape index (κ3) is 18.2. The molecule has 0 saturated heterocycles. The highest BCUT2D eigenvalue weighted by molar-refractivity contribution is 6.61. The maximum Gasteiger partial charge on any atom is 0.195 e. The second-order valence-corrected chi connectivity index (χ2v) is 32.3. The van der Waals surface area contributed by atoms with Crippen LogP contribution in [0.25, 0.3) is 89.1 Å². The summed E-state index contributed by atoms with van der Waals surface area (Å²) in [5, 5.41) is 0. The molecule has 20 rings (SSSR count). The SMILES string of the molecule is C#Cc1cc(-c2ccc(C3=C(c4ccccc4)C(=O)C(c4ccc(C#Cc5ccccc5)cc4)=C3c3ccccc3)cc2)cc(-c2ccc(C3=C(c4ccccc4)C(=O)C(c4ccc(C#Cc5ccccc5)cc4)=C3c3ccccc3)cc2)c1.C#Cc1ccc(C2=C(c3ccc(C#Cc4ccccc4)cc3)C(=O)C(c3ccc(C#Cc4ccccc4)cc3)=C2c2ccc(C#C)cc2)cc1. The fraction of sp³-hybridized carbons (Fsp3) is 0. The number of benzene rings is 17. The smallest absolute Gasteiger partial charge is 0.195 e. The summed E-state index contributed by atoms with van der Waals surface area (Å²) in [6, 6.07) is 151. The van der Waals surface area contributed by atoms with Gasteiger partial charge in [-0.25, -0.2) is 0 Å². The van der Waals surface area contributed by atoms with Crippen LogP contribution in [0.5, 0.6) is 0 Å². The topological polar surface area (TPSA) is 51.2 Å². The summed E-state index contributed by atoms with van der Waals surface area (Å²) in [7, 11) is 0. The maximum atomic E-state index is 15.2. The number of Topliss-reactive ketones (excluding diaryl/α,β-unsaturated/α-hetero) is 3. The predicted octanol–water partition coefficient (Wildman–Crippen LogP) is 27.6. The van der Waals surface area contributed by atoms with Crippen molar-refractivity contribution in [2.24, 2.45) is 0 Å². The Labute approximate surface area is 782 Å². The molecule has 0 N–H and O–H groups in total. The van der Waals surface area contributed by atoms with Crippen LogP contribution >= 0.6 is 0 Å². The summed E-state index contributed by atoms with van der Waals surface area (Å²) in [6.45, 7) is 0. The zero-order valence-electron chi connectivity index (χ0n) is 72.8. The lowest BCUT2D eigenvalue weighted by Gasteiger charge is -2.15. The Kier molecular flexibility index (Phi) is 24.7. The summed E-state index contributed by atoms with van der Waals surface area (Å²) in [5.41, 5.74) is 32.8. The standard InChI is InChI=1S/C82H50O2.C49H28O/c1-2-56-53-71(61-45-49-67(50-46-61)75-73(63-25-13-5-14-26-63)79(81(83)77(75)65-29-17-7-18-30-65)69-41-37-59(38-42-69)35-33-57-21-9-3-10-22-57)55-72(54-56)62-47-51-68(52-48-62)76-74(64-27-15-6-16-28-64)80(82(84)78(76)66-31-19-8-20-32-66)70-43-39-60(40-44-70)36-34-58-23-11-4-12-24-58;1-3-35-19-27-41(28-20-35)45-46(42-29-21-36(4-2)22-30-42)48(44-33-25-40(26-34-44)18-16-38-13-9-6-10-14-38)49(50)47(45)43-31-23-39(24-32-43)17-15-37-11-7-5-8-12-37/h1,3-32,37-55H;1-2,5-14,19-34H. The molecule has 0 radical (unpaired) electrons. The van der Waals surface area contributed by atoms with Crippen LogP contribution in [0.2, 0.25) is 0 Å². The molecular weight excluding hydrogens is 1620 g/mol. The summed E-state index contributed by atoms with van der Waals surface area (Å²) >= 11 is 0. The lowest BCUT2D eigenvalue weighted by molar-refractivity contribution is -0.109. The van der Waals surface area contributed by atoms with E-state index in [2.05, 4.69) is 144 Å². The van der Waals surface area contributed by atoms with Gasteiger partial charge in [0.25, 0.3) is 0 Å². The summed E-state index contributed by atoms with van der Waals surface area (Å²) in [5.74, 6) is 34.2. The number of rotatable bonds is 14. The molecule has 0 aromatic heterocycles. The van der Waals surface area contributed by atoms with Gasteiger partial charge in [-0.3, -0.25) is 14.4 Å². The van der Waals surface area contributed by atoms with Gasteiger partial charge < -0.3 is 0 Å². The van der Waals surface area contributed by atoms with Crippen molar-refractivity contribution in [2.45, 2.75) is 0 Å². The van der Waals surface area contributed by atoms with E-state index < -0.39 is 0 Å². The average molecular weight is 1700 g/mol. The van der Waals surface area contributed by atoms with Gasteiger partial charge in [-0.15, -0.1) is 19.3 Å². The van der Waals surface area contributed by atoms with E-state index in [4.69, 9.17) is 19.3 Å². The van der Waals surface area contributed by atoms with Crippen LogP contribution in [-0.4, -0.2) is 17.3 Å². The second-order valence-electron chi connectivity index (χ2n) is 32.3. The van der Waals surface area contributed by atoms with Crippen LogP contribution in [0.15, 0.2) is 455 Å². The van der Waals surface area contributed by atoms with Crippen molar-refractivity contribution in [1.82, 2.24) is 0 Å². The quantitative estimate of drug-likeness (QED) is 0.102. The first-order chi connectivity index (χ1) is 66.1. The Bertz CT molecular complexity index is 7580. The molecule has 3 aliphatic carbocycles. The maximum absolute atomic E-state index is 15.2. The Morgan fingerprint density at radius 3 is 0.455 bits per heavy atom. The normalized spacial score (nSPS) is 12.5. The molecule has 3 heteroatoms. The highest BCUT2D eigenvalue weighted by Gasteiger charge is 2.39. The molecule has 3 aliphatic rings. The molecule has 0 aliphatic heterocycles. The summed E-state index contributed by atoms with van der Waals surface area (Å²) in [6.07, 6.45) is 17.7. The van der Waals surface area contributed by atoms with Gasteiger partial charge in [0, 0.05) is 128 Å². The summed E-state index contributed by atoms with van der Waals surface area (Å²) in [4.78, 5) is 45.3. The molecule has 620 valence electrons. The van der Waals surface area contributed by atoms with E-state index in [1.165, 1.54) is 0 Å². The van der Waals surface area contributed by atoms with Crippen molar-refractivity contribution in [1.29, 1.82) is 0 Å². The Morgan fingerprint density at radius 1 is 0.119 bits per heavy atom. The van der Waals surface area contributed by atoms with E-state index in [1.54, 1.807) is 0 Å². The van der Waals surface area contributed by atoms with E-state index >= 15 is 9.59 Å². The van der Waals surface area contributed by atoms with E-state index in [0.29, 0.717) is 33.4 Å². The lowest BCUT2D eigenvalue weighted by atomic mass is 9.87. The van der Waals surface area contributed by atoms with Gasteiger partial charge in [0.2, 0.25) is 0 Å². The van der Waals surface area contributed by atoms with Crippen molar-refractivity contribution >= 4 is 84.2 Å². The van der Waals surface area contributed by atoms with Gasteiger partial charge in [0.1, 0.15) is 0 Å². The van der Waals surface area contributed by atoms with Crippen molar-refractivity contribution in [3.63, 3.8) is 0 Å². The number of hydrogen-bond acceptors (Lipinski definition) is 3. The van der Waals surface area contributed by atoms with Crippen LogP contribution < -0.4 is 0 Å². The van der Waals surface area contributed by atoms with Crippen LogP contribution in [0.1, 0.15) is 128 Å². The zero-order valence-corrected chi connectivity index (χ0v) is 72.8. The van der Waals surface area contributed by atoms with E-state index in [0.717, 1.165) is 184 Å². The minimum atomic E-state index is -0.0664. The van der Waals surface area contributed by atoms with E-state index in [9.17, 15) is 4.79 Å². The van der Waals surface area contributed by atoms with Crippen LogP contribution in [-0.2, 0) is 14.4 Å². The number of carbonyl (C=O) groups excluding carboxylic acids is 3. The van der Waals surface area contributed by atoms with Gasteiger partial charge in [0.05, 0.1) is 0 Å². The van der Waals surface area contributed by atoms with Gasteiger partial charge in [-0.2, -0.15) is 0 Å². The van der Waals surface area contributed by atoms with Gasteiger partial charge in [0.15, 0.2) is 17.3 Å². The molecule has 0 amide bonds. The molecule has 0 fully saturated rings. The third-order valence-electron chi connectivity index (χ3n) is 23.9. The third-order valence-corrected chi connectivity index (χ3v) is 23.9. The zero-order chi connectivity index (χ0) is 91.1. The molecular formula is C131H78O3. The molecule has 3 nitrogen and oxygen atoms in total. The van der Waals surface area contributed by atoms with Crippen molar-refractivity contribution in [2.75, 3.05) is 0 Å². The number of terminal acetylenes is 3. The first-order valence-corrected chi connectivity index (χ1v) is 44.1. The van der Waals surface area contributed by atoms with E-state index in [-0.39, 0.29) is 17.3 Å².